The molecule has 3 N–H and O–H groups in total. The molecule has 0 fully saturated rings. The van der Waals surface area contributed by atoms with Crippen molar-refractivity contribution in [2.45, 2.75) is 71.3 Å². The molecule has 0 radical (unpaired) electrons. The van der Waals surface area contributed by atoms with Crippen LogP contribution in [0, 0.1) is 11.3 Å². The van der Waals surface area contributed by atoms with Crippen LogP contribution in [0.5, 0.6) is 5.75 Å². The first-order chi connectivity index (χ1) is 11.8. The van der Waals surface area contributed by atoms with Gasteiger partial charge in [-0.3, -0.25) is 0 Å². The topological polar surface area (TPSA) is 55.5 Å². The summed E-state index contributed by atoms with van der Waals surface area (Å²) in [5, 5.41) is 12.1. The van der Waals surface area contributed by atoms with E-state index in [2.05, 4.69) is 33.4 Å². The normalized spacial score (nSPS) is 22.6. The molecule has 2 unspecified atom stereocenters. The van der Waals surface area contributed by atoms with Crippen molar-refractivity contribution in [1.29, 1.82) is 0 Å². The number of unbranched alkanes of at least 4 members (excludes halogenated alkanes) is 2. The first-order valence-corrected chi connectivity index (χ1v) is 10.3. The van der Waals surface area contributed by atoms with Crippen LogP contribution in [0.1, 0.15) is 70.4 Å². The predicted molar refractivity (Wildman–Crippen MR) is 110 cm³/mol. The fraction of sp³-hybridized carbons (Fsp3) is 0.714. The van der Waals surface area contributed by atoms with Crippen LogP contribution in [0.25, 0.3) is 0 Å². The third-order valence-electron chi connectivity index (χ3n) is 6.00. The molecule has 0 aliphatic heterocycles. The number of nitrogens with two attached hydrogens (primary N) is 1. The molecule has 1 aliphatic rings. The van der Waals surface area contributed by atoms with Crippen molar-refractivity contribution < 1.29 is 9.84 Å². The Bertz CT molecular complexity index is 588. The molecule has 142 valence electrons. The van der Waals surface area contributed by atoms with E-state index in [1.54, 1.807) is 7.11 Å². The van der Waals surface area contributed by atoms with Crippen LogP contribution >= 0.6 is 12.6 Å². The average molecular weight is 366 g/mol. The second-order valence-electron chi connectivity index (χ2n) is 8.10. The van der Waals surface area contributed by atoms with E-state index >= 15 is 0 Å². The standard InChI is InChI=1S/C21H35NO2S/c1-5-9-15(10-7-6-8-13-25)21(23)19-16(14-20(21,2)3)17(22)11-12-18(19)24-4/h11-12,15,23,25H,5-10,13-14,22H2,1-4H3. The lowest BCUT2D eigenvalue weighted by atomic mass is 9.65. The van der Waals surface area contributed by atoms with Gasteiger partial charge in [0.15, 0.2) is 0 Å². The van der Waals surface area contributed by atoms with E-state index in [1.807, 2.05) is 12.1 Å². The van der Waals surface area contributed by atoms with E-state index in [1.165, 1.54) is 6.42 Å². The summed E-state index contributed by atoms with van der Waals surface area (Å²) >= 11 is 4.31. The van der Waals surface area contributed by atoms with E-state index in [9.17, 15) is 5.11 Å². The van der Waals surface area contributed by atoms with Crippen LogP contribution < -0.4 is 10.5 Å². The third-order valence-corrected chi connectivity index (χ3v) is 6.32. The van der Waals surface area contributed by atoms with Gasteiger partial charge in [-0.1, -0.05) is 40.0 Å². The van der Waals surface area contributed by atoms with E-state index in [4.69, 9.17) is 10.5 Å². The summed E-state index contributed by atoms with van der Waals surface area (Å²) in [7, 11) is 1.68. The number of anilines is 1. The summed E-state index contributed by atoms with van der Waals surface area (Å²) in [6.07, 6.45) is 7.33. The molecular weight excluding hydrogens is 330 g/mol. The quantitative estimate of drug-likeness (QED) is 0.329. The van der Waals surface area contributed by atoms with Crippen LogP contribution in [-0.2, 0) is 12.0 Å². The van der Waals surface area contributed by atoms with Gasteiger partial charge in [-0.15, -0.1) is 0 Å². The lowest BCUT2D eigenvalue weighted by molar-refractivity contribution is -0.114. The van der Waals surface area contributed by atoms with Crippen molar-refractivity contribution in [1.82, 2.24) is 0 Å². The molecule has 1 aliphatic carbocycles. The smallest absolute Gasteiger partial charge is 0.125 e. The molecule has 1 aromatic carbocycles. The zero-order valence-corrected chi connectivity index (χ0v) is 17.2. The Balaban J connectivity index is 2.46. The maximum absolute atomic E-state index is 12.1. The summed E-state index contributed by atoms with van der Waals surface area (Å²) in [6, 6.07) is 3.81. The maximum Gasteiger partial charge on any atom is 0.125 e. The van der Waals surface area contributed by atoms with Crippen LogP contribution in [0.3, 0.4) is 0 Å². The number of methoxy groups -OCH3 is 1. The second-order valence-corrected chi connectivity index (χ2v) is 8.54. The molecule has 25 heavy (non-hydrogen) atoms. The van der Waals surface area contributed by atoms with E-state index in [-0.39, 0.29) is 11.3 Å². The third kappa shape index (κ3) is 3.66. The largest absolute Gasteiger partial charge is 0.496 e. The SMILES string of the molecule is CCCC(CCCCCS)C1(O)c2c(OC)ccc(N)c2CC1(C)C. The maximum atomic E-state index is 12.1. The molecular formula is C21H35NO2S. The Kier molecular flexibility index (Phi) is 6.72. The van der Waals surface area contributed by atoms with Gasteiger partial charge in [0.05, 0.1) is 7.11 Å². The first-order valence-electron chi connectivity index (χ1n) is 9.62. The summed E-state index contributed by atoms with van der Waals surface area (Å²) in [5.74, 6) is 1.92. The van der Waals surface area contributed by atoms with Gasteiger partial charge in [0.1, 0.15) is 11.4 Å². The number of thiol groups is 1. The lowest BCUT2D eigenvalue weighted by Crippen LogP contribution is -2.45. The Morgan fingerprint density at radius 2 is 1.96 bits per heavy atom. The molecule has 0 heterocycles. The Hall–Kier alpha value is -0.870. The summed E-state index contributed by atoms with van der Waals surface area (Å²) in [4.78, 5) is 0. The van der Waals surface area contributed by atoms with Gasteiger partial charge >= 0.3 is 0 Å². The highest BCUT2D eigenvalue weighted by molar-refractivity contribution is 7.80. The number of hydrogen-bond acceptors (Lipinski definition) is 4. The molecule has 0 aromatic heterocycles. The summed E-state index contributed by atoms with van der Waals surface area (Å²) in [6.45, 7) is 6.54. The fourth-order valence-electron chi connectivity index (χ4n) is 4.68. The minimum absolute atomic E-state index is 0.212. The number of benzene rings is 1. The number of aliphatic hydroxyl groups is 1. The number of rotatable bonds is 9. The zero-order chi connectivity index (χ0) is 18.7. The number of fused-ring (bicyclic) bond motifs is 1. The fourth-order valence-corrected chi connectivity index (χ4v) is 4.91. The van der Waals surface area contributed by atoms with E-state index < -0.39 is 5.60 Å². The van der Waals surface area contributed by atoms with Crippen LogP contribution in [0.2, 0.25) is 0 Å². The molecule has 2 rings (SSSR count). The van der Waals surface area contributed by atoms with Gasteiger partial charge in [0, 0.05) is 16.7 Å². The number of nitrogen functional groups attached to an aromatic ring is 1. The van der Waals surface area contributed by atoms with Gasteiger partial charge < -0.3 is 15.6 Å². The van der Waals surface area contributed by atoms with Crippen LogP contribution in [0.4, 0.5) is 5.69 Å². The summed E-state index contributed by atoms with van der Waals surface area (Å²) < 4.78 is 5.65. The molecule has 4 heteroatoms. The molecule has 0 saturated carbocycles. The number of ether oxygens (including phenoxy) is 1. The predicted octanol–water partition coefficient (Wildman–Crippen LogP) is 4.95. The Labute approximate surface area is 158 Å². The van der Waals surface area contributed by atoms with Gasteiger partial charge in [0.2, 0.25) is 0 Å². The highest BCUT2D eigenvalue weighted by Gasteiger charge is 2.57. The zero-order valence-electron chi connectivity index (χ0n) is 16.3. The minimum atomic E-state index is -0.903. The highest BCUT2D eigenvalue weighted by atomic mass is 32.1. The first kappa shape index (κ1) is 20.4. The van der Waals surface area contributed by atoms with Crippen molar-refractivity contribution in [2.75, 3.05) is 18.6 Å². The average Bonchev–Trinajstić information content (AvgIpc) is 2.80. The minimum Gasteiger partial charge on any atom is -0.496 e. The highest BCUT2D eigenvalue weighted by Crippen LogP contribution is 2.59. The lowest BCUT2D eigenvalue weighted by Gasteiger charge is -2.44. The second kappa shape index (κ2) is 8.22. The molecule has 1 aromatic rings. The van der Waals surface area contributed by atoms with E-state index in [0.29, 0.717) is 0 Å². The molecule has 0 bridgehead atoms. The van der Waals surface area contributed by atoms with Crippen molar-refractivity contribution in [2.24, 2.45) is 11.3 Å². The molecule has 0 amide bonds. The van der Waals surface area contributed by atoms with Gasteiger partial charge in [-0.05, 0) is 55.1 Å². The van der Waals surface area contributed by atoms with Crippen molar-refractivity contribution in [3.63, 3.8) is 0 Å². The Morgan fingerprint density at radius 1 is 1.24 bits per heavy atom. The molecule has 3 nitrogen and oxygen atoms in total. The van der Waals surface area contributed by atoms with Gasteiger partial charge in [-0.2, -0.15) is 12.6 Å². The van der Waals surface area contributed by atoms with Crippen molar-refractivity contribution >= 4 is 18.3 Å². The van der Waals surface area contributed by atoms with E-state index in [0.717, 1.165) is 66.8 Å². The number of hydrogen-bond donors (Lipinski definition) is 3. The molecule has 0 saturated heterocycles. The summed E-state index contributed by atoms with van der Waals surface area (Å²) in [5.41, 5.74) is 7.89. The van der Waals surface area contributed by atoms with Crippen LogP contribution in [0.15, 0.2) is 12.1 Å². The van der Waals surface area contributed by atoms with Gasteiger partial charge in [0.25, 0.3) is 0 Å². The van der Waals surface area contributed by atoms with Crippen molar-refractivity contribution in [3.05, 3.63) is 23.3 Å². The van der Waals surface area contributed by atoms with Gasteiger partial charge in [-0.25, -0.2) is 0 Å². The monoisotopic (exact) mass is 365 g/mol. The molecule has 2 atom stereocenters. The van der Waals surface area contributed by atoms with Crippen LogP contribution in [-0.4, -0.2) is 18.0 Å². The van der Waals surface area contributed by atoms with Crippen molar-refractivity contribution in [3.8, 4) is 5.75 Å². The molecule has 0 spiro atoms. The Morgan fingerprint density at radius 3 is 2.56 bits per heavy atom.